The number of likely N-dealkylation sites (tertiary alicyclic amines) is 1. The van der Waals surface area contributed by atoms with Gasteiger partial charge in [-0.25, -0.2) is 9.97 Å². The van der Waals surface area contributed by atoms with Crippen molar-refractivity contribution in [3.63, 3.8) is 0 Å². The maximum Gasteiger partial charge on any atom is 0.416 e. The molecule has 11 heteroatoms. The summed E-state index contributed by atoms with van der Waals surface area (Å²) in [5.41, 5.74) is 5.42. The molecule has 0 amide bonds. The van der Waals surface area contributed by atoms with Crippen LogP contribution in [0.2, 0.25) is 5.28 Å². The number of alkyl halides is 3. The highest BCUT2D eigenvalue weighted by Crippen LogP contribution is 2.33. The fourth-order valence-electron chi connectivity index (χ4n) is 4.50. The van der Waals surface area contributed by atoms with E-state index < -0.39 is 17.8 Å². The van der Waals surface area contributed by atoms with Crippen molar-refractivity contribution in [2.75, 3.05) is 37.7 Å². The van der Waals surface area contributed by atoms with E-state index in [0.29, 0.717) is 22.8 Å². The Morgan fingerprint density at radius 2 is 1.88 bits per heavy atom. The van der Waals surface area contributed by atoms with Crippen LogP contribution in [0.1, 0.15) is 43.9 Å². The number of nitrogens with one attached hydrogen (secondary N) is 1. The number of benzene rings is 1. The Labute approximate surface area is 201 Å². The molecule has 3 heterocycles. The first-order valence-electron chi connectivity index (χ1n) is 11.3. The molecule has 1 atom stereocenters. The average Bonchev–Trinajstić information content (AvgIpc) is 2.77. The number of nitrogens with zero attached hydrogens (tertiary/aromatic N) is 5. The molecule has 0 aliphatic carbocycles. The van der Waals surface area contributed by atoms with E-state index in [1.807, 2.05) is 24.5 Å². The van der Waals surface area contributed by atoms with Gasteiger partial charge in [0.05, 0.1) is 28.2 Å². The zero-order chi connectivity index (χ0) is 24.6. The quantitative estimate of drug-likeness (QED) is 0.488. The van der Waals surface area contributed by atoms with Gasteiger partial charge in [0.25, 0.3) is 0 Å². The number of fused-ring (bicyclic) bond motifs is 1. The van der Waals surface area contributed by atoms with Gasteiger partial charge < -0.3 is 16.0 Å². The number of hydrogen-bond donors (Lipinski definition) is 2. The van der Waals surface area contributed by atoms with E-state index in [4.69, 9.17) is 17.3 Å². The summed E-state index contributed by atoms with van der Waals surface area (Å²) in [6.07, 6.45) is 1.45. The summed E-state index contributed by atoms with van der Waals surface area (Å²) in [5.74, 6) is 0.457. The Hall–Kier alpha value is -2.72. The lowest BCUT2D eigenvalue weighted by Gasteiger charge is -2.42. The smallest absolute Gasteiger partial charge is 0.399 e. The molecule has 2 aromatic rings. The summed E-state index contributed by atoms with van der Waals surface area (Å²) in [5, 5.41) is 8.83. The Morgan fingerprint density at radius 3 is 2.53 bits per heavy atom. The van der Waals surface area contributed by atoms with E-state index >= 15 is 0 Å². The van der Waals surface area contributed by atoms with Crippen molar-refractivity contribution in [1.29, 1.82) is 0 Å². The lowest BCUT2D eigenvalue weighted by atomic mass is 10.0. The van der Waals surface area contributed by atoms with Crippen molar-refractivity contribution >= 4 is 35.5 Å². The van der Waals surface area contributed by atoms with Gasteiger partial charge in [-0.2, -0.15) is 13.2 Å². The van der Waals surface area contributed by atoms with Gasteiger partial charge >= 0.3 is 6.18 Å². The van der Waals surface area contributed by atoms with Crippen molar-refractivity contribution in [3.05, 3.63) is 45.2 Å². The van der Waals surface area contributed by atoms with Crippen LogP contribution in [0, 0.1) is 0 Å². The van der Waals surface area contributed by atoms with E-state index in [9.17, 15) is 13.2 Å². The number of nitrogens with two attached hydrogens (primary N) is 1. The Balaban J connectivity index is 1.66. The summed E-state index contributed by atoms with van der Waals surface area (Å²) in [6, 6.07) is 3.37. The lowest BCUT2D eigenvalue weighted by molar-refractivity contribution is -0.137. The van der Waals surface area contributed by atoms with E-state index in [1.54, 1.807) is 6.92 Å². The molecule has 34 heavy (non-hydrogen) atoms. The number of hydrogen-bond acceptors (Lipinski definition) is 7. The second-order valence-corrected chi connectivity index (χ2v) is 9.11. The molecule has 0 radical (unpaired) electrons. The van der Waals surface area contributed by atoms with Gasteiger partial charge in [-0.1, -0.05) is 6.92 Å². The van der Waals surface area contributed by atoms with Crippen LogP contribution in [0.3, 0.4) is 0 Å². The predicted octanol–water partition coefficient (Wildman–Crippen LogP) is 3.03. The normalized spacial score (nSPS) is 18.2. The lowest BCUT2D eigenvalue weighted by Crippen LogP contribution is -2.52. The highest BCUT2D eigenvalue weighted by molar-refractivity contribution is 6.28. The van der Waals surface area contributed by atoms with Crippen molar-refractivity contribution in [2.45, 2.75) is 44.9 Å². The number of piperidine rings is 1. The molecule has 0 spiro atoms. The molecular weight excluding hydrogens is 467 g/mol. The molecule has 3 N–H and O–H groups in total. The van der Waals surface area contributed by atoms with Crippen LogP contribution in [0.15, 0.2) is 18.2 Å². The van der Waals surface area contributed by atoms with Crippen LogP contribution in [0.4, 0.5) is 24.7 Å². The second kappa shape index (κ2) is 9.50. The predicted molar refractivity (Wildman–Crippen MR) is 128 cm³/mol. The zero-order valence-electron chi connectivity index (χ0n) is 19.4. The average molecular weight is 496 g/mol. The second-order valence-electron chi connectivity index (χ2n) is 8.77. The third kappa shape index (κ3) is 5.17. The maximum atomic E-state index is 13.3. The highest BCUT2D eigenvalue weighted by atomic mass is 35.5. The fourth-order valence-corrected chi connectivity index (χ4v) is 4.68. The first-order valence-corrected chi connectivity index (χ1v) is 11.7. The van der Waals surface area contributed by atoms with E-state index in [-0.39, 0.29) is 11.0 Å². The number of halogens is 4. The molecule has 1 unspecified atom stereocenters. The van der Waals surface area contributed by atoms with Gasteiger partial charge in [-0.15, -0.1) is 0 Å². The molecule has 2 aliphatic heterocycles. The first kappa shape index (κ1) is 24.4. The fraction of sp³-hybridized carbons (Fsp3) is 0.478. The van der Waals surface area contributed by atoms with E-state index in [2.05, 4.69) is 32.1 Å². The SMILES string of the molecule is CCN1CCC(N2C=c3c(NC(C)c4cc(N)cc(C(F)(F)F)c4)nc(Cl)nc3=CN2C)CC1. The minimum atomic E-state index is -4.48. The summed E-state index contributed by atoms with van der Waals surface area (Å²) in [6.45, 7) is 7.03. The van der Waals surface area contributed by atoms with Crippen molar-refractivity contribution in [2.24, 2.45) is 0 Å². The number of rotatable bonds is 5. The third-order valence-corrected chi connectivity index (χ3v) is 6.59. The summed E-state index contributed by atoms with van der Waals surface area (Å²) in [4.78, 5) is 11.1. The summed E-state index contributed by atoms with van der Waals surface area (Å²) >= 11 is 6.18. The van der Waals surface area contributed by atoms with Gasteiger partial charge in [-0.05, 0) is 61.7 Å². The summed E-state index contributed by atoms with van der Waals surface area (Å²) in [7, 11) is 1.96. The largest absolute Gasteiger partial charge is 0.416 e. The standard InChI is InChI=1S/C23H29ClF3N7/c1-4-33-7-5-18(6-8-33)34-12-19-20(13-32(34)3)30-22(24)31-21(19)29-14(2)15-9-16(23(25,26)27)11-17(28)10-15/h9-14,18H,4-8,28H2,1-3H3,(H,29,30,31). The van der Waals surface area contributed by atoms with Crippen molar-refractivity contribution in [1.82, 2.24) is 24.9 Å². The van der Waals surface area contributed by atoms with Crippen LogP contribution < -0.4 is 21.6 Å². The Kier molecular flexibility index (Phi) is 6.82. The molecule has 7 nitrogen and oxygen atoms in total. The van der Waals surface area contributed by atoms with Crippen LogP contribution in [-0.4, -0.2) is 57.6 Å². The zero-order valence-corrected chi connectivity index (χ0v) is 20.2. The number of hydrazine groups is 1. The van der Waals surface area contributed by atoms with Crippen LogP contribution in [0.5, 0.6) is 0 Å². The molecule has 0 saturated carbocycles. The molecule has 1 fully saturated rings. The minimum Gasteiger partial charge on any atom is -0.399 e. The molecule has 1 aromatic heterocycles. The van der Waals surface area contributed by atoms with Crippen LogP contribution in [-0.2, 0) is 6.18 Å². The summed E-state index contributed by atoms with van der Waals surface area (Å²) < 4.78 is 39.8. The molecule has 1 saturated heterocycles. The van der Waals surface area contributed by atoms with Crippen LogP contribution in [0.25, 0.3) is 12.4 Å². The van der Waals surface area contributed by atoms with Gasteiger partial charge in [0.1, 0.15) is 5.82 Å². The molecule has 0 bridgehead atoms. The molecule has 2 aliphatic rings. The highest BCUT2D eigenvalue weighted by Gasteiger charge is 2.31. The molecule has 184 valence electrons. The van der Waals surface area contributed by atoms with Crippen molar-refractivity contribution in [3.8, 4) is 0 Å². The van der Waals surface area contributed by atoms with Gasteiger partial charge in [0.15, 0.2) is 0 Å². The molecule has 4 rings (SSSR count). The Bertz CT molecular complexity index is 1160. The monoisotopic (exact) mass is 495 g/mol. The van der Waals surface area contributed by atoms with Gasteiger partial charge in [-0.3, -0.25) is 10.0 Å². The van der Waals surface area contributed by atoms with Crippen LogP contribution >= 0.6 is 11.6 Å². The minimum absolute atomic E-state index is 0.0485. The molecule has 1 aromatic carbocycles. The van der Waals surface area contributed by atoms with Gasteiger partial charge in [0, 0.05) is 38.2 Å². The number of aromatic nitrogens is 2. The number of nitrogen functional groups attached to an aromatic ring is 1. The topological polar surface area (TPSA) is 73.5 Å². The van der Waals surface area contributed by atoms with E-state index in [1.165, 1.54) is 6.07 Å². The first-order chi connectivity index (χ1) is 16.0. The maximum absolute atomic E-state index is 13.3. The van der Waals surface area contributed by atoms with Crippen molar-refractivity contribution < 1.29 is 13.2 Å². The third-order valence-electron chi connectivity index (χ3n) is 6.42. The Morgan fingerprint density at radius 1 is 1.18 bits per heavy atom. The molecular formula is C23H29ClF3N7. The van der Waals surface area contributed by atoms with Gasteiger partial charge in [0.2, 0.25) is 5.28 Å². The van der Waals surface area contributed by atoms with E-state index in [0.717, 1.165) is 49.8 Å². The number of anilines is 2.